The standard InChI is InChI=1S/C11H14ClN3O4S/c12-8-5-9(10(13)14-6-8)20(18,19)15-3-1-7(2-4-15)11(16)17/h5-7H,1-4H2,(H2,13,14)(H,16,17). The van der Waals surface area contributed by atoms with Crippen molar-refractivity contribution in [3.63, 3.8) is 0 Å². The smallest absolute Gasteiger partial charge is 0.306 e. The molecule has 1 aliphatic heterocycles. The molecule has 2 rings (SSSR count). The third-order valence-corrected chi connectivity index (χ3v) is 5.40. The number of anilines is 1. The van der Waals surface area contributed by atoms with Crippen molar-refractivity contribution in [2.24, 2.45) is 5.92 Å². The third kappa shape index (κ3) is 2.87. The maximum absolute atomic E-state index is 12.4. The summed E-state index contributed by atoms with van der Waals surface area (Å²) in [5.41, 5.74) is 5.59. The van der Waals surface area contributed by atoms with Gasteiger partial charge in [0, 0.05) is 19.3 Å². The number of carboxylic acid groups (broad SMARTS) is 1. The third-order valence-electron chi connectivity index (χ3n) is 3.27. The van der Waals surface area contributed by atoms with E-state index in [1.807, 2.05) is 0 Å². The van der Waals surface area contributed by atoms with Crippen molar-refractivity contribution >= 4 is 33.4 Å². The number of nitrogens with zero attached hydrogens (tertiary/aromatic N) is 2. The SMILES string of the molecule is Nc1ncc(Cl)cc1S(=O)(=O)N1CCC(C(=O)O)CC1. The van der Waals surface area contributed by atoms with Gasteiger partial charge in [-0.1, -0.05) is 11.6 Å². The maximum Gasteiger partial charge on any atom is 0.306 e. The number of halogens is 1. The van der Waals surface area contributed by atoms with Crippen molar-refractivity contribution in [2.45, 2.75) is 17.7 Å². The number of pyridine rings is 1. The number of aliphatic carboxylic acids is 1. The first kappa shape index (κ1) is 15.0. The lowest BCUT2D eigenvalue weighted by atomic mass is 9.99. The molecule has 0 amide bonds. The van der Waals surface area contributed by atoms with E-state index in [0.717, 1.165) is 0 Å². The van der Waals surface area contributed by atoms with Crippen LogP contribution in [0.1, 0.15) is 12.8 Å². The number of sulfonamides is 1. The average Bonchev–Trinajstić information content (AvgIpc) is 2.41. The number of nitrogen functional groups attached to an aromatic ring is 1. The Morgan fingerprint density at radius 1 is 1.45 bits per heavy atom. The van der Waals surface area contributed by atoms with E-state index in [2.05, 4.69) is 4.98 Å². The van der Waals surface area contributed by atoms with E-state index in [4.69, 9.17) is 22.4 Å². The monoisotopic (exact) mass is 319 g/mol. The molecule has 0 aromatic carbocycles. The number of hydrogen-bond acceptors (Lipinski definition) is 5. The van der Waals surface area contributed by atoms with Crippen molar-refractivity contribution < 1.29 is 18.3 Å². The molecule has 110 valence electrons. The van der Waals surface area contributed by atoms with Gasteiger partial charge in [0.1, 0.15) is 10.7 Å². The van der Waals surface area contributed by atoms with Crippen LogP contribution < -0.4 is 5.73 Å². The van der Waals surface area contributed by atoms with Gasteiger partial charge >= 0.3 is 5.97 Å². The Morgan fingerprint density at radius 3 is 2.60 bits per heavy atom. The molecule has 1 fully saturated rings. The highest BCUT2D eigenvalue weighted by atomic mass is 35.5. The molecule has 9 heteroatoms. The lowest BCUT2D eigenvalue weighted by Crippen LogP contribution is -2.40. The van der Waals surface area contributed by atoms with Gasteiger partial charge in [0.25, 0.3) is 0 Å². The number of rotatable bonds is 3. The first-order valence-corrected chi connectivity index (χ1v) is 7.78. The fourth-order valence-corrected chi connectivity index (χ4v) is 3.91. The van der Waals surface area contributed by atoms with Gasteiger partial charge in [-0.15, -0.1) is 0 Å². The second-order valence-corrected chi connectivity index (χ2v) is 6.90. The molecule has 0 atom stereocenters. The van der Waals surface area contributed by atoms with Crippen molar-refractivity contribution in [3.05, 3.63) is 17.3 Å². The zero-order chi connectivity index (χ0) is 14.9. The maximum atomic E-state index is 12.4. The minimum Gasteiger partial charge on any atom is -0.481 e. The largest absolute Gasteiger partial charge is 0.481 e. The minimum absolute atomic E-state index is 0.116. The summed E-state index contributed by atoms with van der Waals surface area (Å²) in [6, 6.07) is 1.25. The van der Waals surface area contributed by atoms with Gasteiger partial charge in [-0.05, 0) is 18.9 Å². The van der Waals surface area contributed by atoms with E-state index in [-0.39, 0.29) is 41.7 Å². The normalized spacial score (nSPS) is 18.1. The second-order valence-electron chi connectivity index (χ2n) is 4.55. The van der Waals surface area contributed by atoms with Crippen LogP contribution >= 0.6 is 11.6 Å². The Morgan fingerprint density at radius 2 is 2.05 bits per heavy atom. The van der Waals surface area contributed by atoms with Crippen LogP contribution in [0.2, 0.25) is 5.02 Å². The van der Waals surface area contributed by atoms with Crippen LogP contribution in [0.3, 0.4) is 0 Å². The Bertz CT molecular complexity index is 627. The highest BCUT2D eigenvalue weighted by Gasteiger charge is 2.33. The topological polar surface area (TPSA) is 114 Å². The molecule has 2 heterocycles. The molecule has 1 aliphatic rings. The van der Waals surface area contributed by atoms with Gasteiger partial charge < -0.3 is 10.8 Å². The molecule has 1 saturated heterocycles. The van der Waals surface area contributed by atoms with E-state index < -0.39 is 21.9 Å². The van der Waals surface area contributed by atoms with Gasteiger partial charge in [-0.3, -0.25) is 4.79 Å². The molecule has 0 aliphatic carbocycles. The Hall–Kier alpha value is -1.38. The molecular formula is C11H14ClN3O4S. The van der Waals surface area contributed by atoms with Gasteiger partial charge in [-0.25, -0.2) is 13.4 Å². The van der Waals surface area contributed by atoms with E-state index in [1.165, 1.54) is 16.6 Å². The van der Waals surface area contributed by atoms with Crippen LogP contribution in [0, 0.1) is 5.92 Å². The fraction of sp³-hybridized carbons (Fsp3) is 0.455. The van der Waals surface area contributed by atoms with E-state index >= 15 is 0 Å². The van der Waals surface area contributed by atoms with Crippen molar-refractivity contribution in [3.8, 4) is 0 Å². The zero-order valence-corrected chi connectivity index (χ0v) is 12.1. The molecule has 20 heavy (non-hydrogen) atoms. The Labute approximate surface area is 121 Å². The molecule has 3 N–H and O–H groups in total. The summed E-state index contributed by atoms with van der Waals surface area (Å²) in [4.78, 5) is 14.5. The Kier molecular flexibility index (Phi) is 4.17. The predicted octanol–water partition coefficient (Wildman–Crippen LogP) is 0.802. The number of carboxylic acids is 1. The van der Waals surface area contributed by atoms with Crippen LogP contribution in [0.25, 0.3) is 0 Å². The van der Waals surface area contributed by atoms with Crippen molar-refractivity contribution in [1.29, 1.82) is 0 Å². The number of aromatic nitrogens is 1. The number of carbonyl (C=O) groups is 1. The molecule has 0 bridgehead atoms. The molecular weight excluding hydrogens is 306 g/mol. The summed E-state index contributed by atoms with van der Waals surface area (Å²) in [5, 5.41) is 9.09. The molecule has 0 spiro atoms. The number of piperidine rings is 1. The second kappa shape index (κ2) is 5.55. The quantitative estimate of drug-likeness (QED) is 0.852. The fourth-order valence-electron chi connectivity index (χ4n) is 2.12. The molecule has 0 saturated carbocycles. The van der Waals surface area contributed by atoms with Crippen LogP contribution in [0.4, 0.5) is 5.82 Å². The van der Waals surface area contributed by atoms with Gasteiger partial charge in [0.15, 0.2) is 0 Å². The van der Waals surface area contributed by atoms with Gasteiger partial charge in [0.05, 0.1) is 10.9 Å². The van der Waals surface area contributed by atoms with Gasteiger partial charge in [0.2, 0.25) is 10.0 Å². The van der Waals surface area contributed by atoms with E-state index in [0.29, 0.717) is 0 Å². The molecule has 1 aromatic rings. The Balaban J connectivity index is 2.24. The van der Waals surface area contributed by atoms with Crippen LogP contribution in [-0.2, 0) is 14.8 Å². The highest BCUT2D eigenvalue weighted by molar-refractivity contribution is 7.89. The zero-order valence-electron chi connectivity index (χ0n) is 10.5. The van der Waals surface area contributed by atoms with Crippen molar-refractivity contribution in [2.75, 3.05) is 18.8 Å². The molecule has 0 unspecified atom stereocenters. The van der Waals surface area contributed by atoms with Crippen LogP contribution in [0.15, 0.2) is 17.2 Å². The first-order valence-electron chi connectivity index (χ1n) is 5.96. The molecule has 1 aromatic heterocycles. The van der Waals surface area contributed by atoms with Gasteiger partial charge in [-0.2, -0.15) is 4.31 Å². The van der Waals surface area contributed by atoms with Crippen molar-refractivity contribution in [1.82, 2.24) is 9.29 Å². The summed E-state index contributed by atoms with van der Waals surface area (Å²) in [5.74, 6) is -1.52. The number of hydrogen-bond donors (Lipinski definition) is 2. The summed E-state index contributed by atoms with van der Waals surface area (Å²) in [7, 11) is -3.80. The predicted molar refractivity (Wildman–Crippen MR) is 72.8 cm³/mol. The van der Waals surface area contributed by atoms with Crippen LogP contribution in [0.5, 0.6) is 0 Å². The first-order chi connectivity index (χ1) is 9.32. The lowest BCUT2D eigenvalue weighted by molar-refractivity contribution is -0.142. The molecule has 7 nitrogen and oxygen atoms in total. The lowest BCUT2D eigenvalue weighted by Gasteiger charge is -2.29. The summed E-state index contributed by atoms with van der Waals surface area (Å²) >= 11 is 5.75. The highest BCUT2D eigenvalue weighted by Crippen LogP contribution is 2.27. The summed E-state index contributed by atoms with van der Waals surface area (Å²) in [6.45, 7) is 0.288. The summed E-state index contributed by atoms with van der Waals surface area (Å²) in [6.07, 6.45) is 1.83. The summed E-state index contributed by atoms with van der Waals surface area (Å²) < 4.78 is 26.1. The minimum atomic E-state index is -3.80. The number of nitrogens with two attached hydrogens (primary N) is 1. The average molecular weight is 320 g/mol. The molecule has 0 radical (unpaired) electrons. The van der Waals surface area contributed by atoms with Crippen LogP contribution in [-0.4, -0.2) is 41.9 Å². The van der Waals surface area contributed by atoms with E-state index in [9.17, 15) is 13.2 Å². The van der Waals surface area contributed by atoms with E-state index in [1.54, 1.807) is 0 Å².